The molecule has 0 unspecified atom stereocenters. The van der Waals surface area contributed by atoms with Gasteiger partial charge >= 0.3 is 6.09 Å². The van der Waals surface area contributed by atoms with Gasteiger partial charge in [-0.15, -0.1) is 0 Å². The summed E-state index contributed by atoms with van der Waals surface area (Å²) in [5, 5.41) is 3.48. The Bertz CT molecular complexity index is 2640. The van der Waals surface area contributed by atoms with Gasteiger partial charge in [0.2, 0.25) is 5.91 Å². The molecule has 0 spiro atoms. The molecular formula is C46H42FN7O5. The number of nitrogens with zero attached hydrogens (tertiary/aromatic N) is 4. The molecule has 13 heteroatoms. The fourth-order valence-corrected chi connectivity index (χ4v) is 8.34. The predicted molar refractivity (Wildman–Crippen MR) is 219 cm³/mol. The van der Waals surface area contributed by atoms with Crippen LogP contribution in [0.3, 0.4) is 0 Å². The Morgan fingerprint density at radius 1 is 0.814 bits per heavy atom. The van der Waals surface area contributed by atoms with E-state index in [4.69, 9.17) is 9.15 Å². The van der Waals surface area contributed by atoms with E-state index in [0.717, 1.165) is 41.5 Å². The van der Waals surface area contributed by atoms with Gasteiger partial charge in [-0.25, -0.2) is 19.2 Å². The lowest BCUT2D eigenvalue weighted by Gasteiger charge is -2.28. The number of furan rings is 1. The lowest BCUT2D eigenvalue weighted by atomic mass is 10.1. The van der Waals surface area contributed by atoms with Gasteiger partial charge in [-0.3, -0.25) is 9.59 Å². The minimum absolute atomic E-state index is 0.0633. The maximum Gasteiger partial charge on any atom is 0.407 e. The average molecular weight is 792 g/mol. The van der Waals surface area contributed by atoms with Crippen molar-refractivity contribution in [2.24, 2.45) is 0 Å². The summed E-state index contributed by atoms with van der Waals surface area (Å²) in [6.07, 6.45) is 6.28. The van der Waals surface area contributed by atoms with Crippen molar-refractivity contribution in [2.75, 3.05) is 20.2 Å². The van der Waals surface area contributed by atoms with Crippen molar-refractivity contribution in [3.63, 3.8) is 0 Å². The summed E-state index contributed by atoms with van der Waals surface area (Å²) >= 11 is 0. The molecule has 0 saturated carbocycles. The molecule has 2 aliphatic heterocycles. The molecule has 3 N–H and O–H groups in total. The number of aromatic nitrogens is 4. The fraction of sp³-hybridized carbons (Fsp3) is 0.239. The number of ether oxygens (including phenoxy) is 1. The van der Waals surface area contributed by atoms with Crippen LogP contribution in [0.2, 0.25) is 0 Å². The number of hydrogen-bond donors (Lipinski definition) is 3. The number of carbonyl (C=O) groups excluding carboxylic acids is 3. The van der Waals surface area contributed by atoms with E-state index in [2.05, 4.69) is 25.3 Å². The van der Waals surface area contributed by atoms with E-state index >= 15 is 4.39 Å². The third kappa shape index (κ3) is 7.59. The van der Waals surface area contributed by atoms with Crippen LogP contribution in [0.25, 0.3) is 44.8 Å². The quantitative estimate of drug-likeness (QED) is 0.126. The zero-order valence-corrected chi connectivity index (χ0v) is 32.4. The van der Waals surface area contributed by atoms with Gasteiger partial charge in [-0.2, -0.15) is 0 Å². The largest absolute Gasteiger partial charge is 0.456 e. The highest BCUT2D eigenvalue weighted by Gasteiger charge is 2.37. The lowest BCUT2D eigenvalue weighted by molar-refractivity contribution is -0.134. The van der Waals surface area contributed by atoms with Crippen LogP contribution in [-0.2, 0) is 20.7 Å². The second kappa shape index (κ2) is 16.1. The van der Waals surface area contributed by atoms with Gasteiger partial charge in [0.05, 0.1) is 55.0 Å². The summed E-state index contributed by atoms with van der Waals surface area (Å²) in [5.41, 5.74) is 5.47. The molecule has 3 amide bonds. The zero-order valence-electron chi connectivity index (χ0n) is 32.4. The number of halogens is 1. The number of alkyl carbamates (subject to hydrolysis) is 1. The van der Waals surface area contributed by atoms with E-state index in [-0.39, 0.29) is 23.9 Å². The normalized spacial score (nSPS) is 17.1. The molecule has 3 aromatic heterocycles. The van der Waals surface area contributed by atoms with Crippen molar-refractivity contribution in [2.45, 2.75) is 50.2 Å². The number of nitrogens with one attached hydrogen (secondary N) is 3. The van der Waals surface area contributed by atoms with E-state index in [9.17, 15) is 14.4 Å². The van der Waals surface area contributed by atoms with Crippen LogP contribution in [0.4, 0.5) is 9.18 Å². The van der Waals surface area contributed by atoms with Crippen molar-refractivity contribution < 1.29 is 27.9 Å². The highest BCUT2D eigenvalue weighted by atomic mass is 19.1. The number of fused-ring (bicyclic) bond motifs is 1. The number of imidazole rings is 2. The number of carbonyl (C=O) groups is 3. The number of benzene rings is 4. The molecule has 7 aromatic rings. The zero-order chi connectivity index (χ0) is 40.5. The number of methoxy groups -OCH3 is 1. The predicted octanol–water partition coefficient (Wildman–Crippen LogP) is 8.69. The van der Waals surface area contributed by atoms with Crippen LogP contribution in [0.15, 0.2) is 120 Å². The van der Waals surface area contributed by atoms with Crippen LogP contribution in [0, 0.1) is 5.82 Å². The van der Waals surface area contributed by atoms with Gasteiger partial charge < -0.3 is 34.2 Å². The molecule has 9 rings (SSSR count). The number of H-pyrrole nitrogens is 2. The molecule has 0 aliphatic carbocycles. The molecule has 2 aliphatic rings. The third-order valence-electron chi connectivity index (χ3n) is 11.3. The summed E-state index contributed by atoms with van der Waals surface area (Å²) in [4.78, 5) is 59.1. The van der Waals surface area contributed by atoms with E-state index in [1.165, 1.54) is 13.2 Å². The first-order valence-electron chi connectivity index (χ1n) is 19.8. The smallest absolute Gasteiger partial charge is 0.407 e. The average Bonchev–Trinajstić information content (AvgIpc) is 4.12. The third-order valence-corrected chi connectivity index (χ3v) is 11.3. The standard InChI is InChI=1S/C46H42FN7O5/c1-58-46(57)52-42(29-12-6-3-7-13-29)45(56)54-21-9-15-38(54)44-49-26-35(50-44)30-17-19-39-32(23-30)25-40(59-39)33-18-16-31(24-34(33)47)36-27-48-43(51-36)37-14-8-20-53(37)41(55)22-28-10-4-2-5-11-28/h2-7,10-13,16-19,23-27,37-38,42H,8-9,14-15,20-22H2,1H3,(H,48,51)(H,49,50)(H,52,57)/t37-,38-,42+/m0/s1. The Morgan fingerprint density at radius 3 is 2.12 bits per heavy atom. The SMILES string of the molecule is COC(=O)N[C@@H](C(=O)N1CCC[C@H]1c1ncc(-c2ccc3oc(-c4ccc(-c5cnc([C@@H]6CCCN6C(=O)Cc6ccccc6)[nH]5)cc4F)cc3c2)[nH]1)c1ccccc1. The molecule has 5 heterocycles. The summed E-state index contributed by atoms with van der Waals surface area (Å²) in [5.74, 6) is 1.11. The van der Waals surface area contributed by atoms with Gasteiger partial charge in [0.1, 0.15) is 34.9 Å². The molecule has 0 bridgehead atoms. The van der Waals surface area contributed by atoms with E-state index < -0.39 is 18.0 Å². The molecule has 59 heavy (non-hydrogen) atoms. The maximum atomic E-state index is 15.8. The van der Waals surface area contributed by atoms with E-state index in [0.29, 0.717) is 71.3 Å². The van der Waals surface area contributed by atoms with Crippen LogP contribution in [0.5, 0.6) is 0 Å². The van der Waals surface area contributed by atoms with Crippen molar-refractivity contribution in [1.29, 1.82) is 0 Å². The Morgan fingerprint density at radius 2 is 1.44 bits per heavy atom. The molecule has 12 nitrogen and oxygen atoms in total. The van der Waals surface area contributed by atoms with Gasteiger partial charge in [-0.05, 0) is 73.2 Å². The molecule has 0 radical (unpaired) electrons. The fourth-order valence-electron chi connectivity index (χ4n) is 8.34. The Balaban J connectivity index is 0.899. The molecule has 2 fully saturated rings. The highest BCUT2D eigenvalue weighted by Crippen LogP contribution is 2.37. The molecular weight excluding hydrogens is 750 g/mol. The number of rotatable bonds is 10. The molecule has 3 atom stereocenters. The van der Waals surface area contributed by atoms with Gasteiger partial charge in [-0.1, -0.05) is 66.7 Å². The summed E-state index contributed by atoms with van der Waals surface area (Å²) in [6.45, 7) is 1.20. The van der Waals surface area contributed by atoms with Crippen molar-refractivity contribution >= 4 is 28.9 Å². The number of amides is 3. The van der Waals surface area contributed by atoms with Crippen LogP contribution in [0.1, 0.15) is 66.6 Å². The lowest BCUT2D eigenvalue weighted by Crippen LogP contribution is -2.42. The summed E-state index contributed by atoms with van der Waals surface area (Å²) in [7, 11) is 1.27. The van der Waals surface area contributed by atoms with Crippen LogP contribution < -0.4 is 5.32 Å². The van der Waals surface area contributed by atoms with Crippen molar-refractivity contribution in [3.05, 3.63) is 144 Å². The summed E-state index contributed by atoms with van der Waals surface area (Å²) in [6, 6.07) is 30.0. The van der Waals surface area contributed by atoms with E-state index in [1.807, 2.05) is 83.8 Å². The highest BCUT2D eigenvalue weighted by molar-refractivity contribution is 5.88. The monoisotopic (exact) mass is 791 g/mol. The Labute approximate surface area is 339 Å². The van der Waals surface area contributed by atoms with Crippen LogP contribution in [-0.4, -0.2) is 67.8 Å². The molecule has 2 saturated heterocycles. The Kier molecular flexibility index (Phi) is 10.2. The topological polar surface area (TPSA) is 149 Å². The van der Waals surface area contributed by atoms with Gasteiger partial charge in [0.25, 0.3) is 5.91 Å². The minimum atomic E-state index is -0.910. The number of hydrogen-bond acceptors (Lipinski definition) is 7. The Hall–Kier alpha value is -7.02. The first-order valence-corrected chi connectivity index (χ1v) is 19.8. The molecule has 4 aromatic carbocycles. The number of aromatic amines is 2. The van der Waals surface area contributed by atoms with Crippen molar-refractivity contribution in [3.8, 4) is 33.8 Å². The maximum absolute atomic E-state index is 15.8. The second-order valence-electron chi connectivity index (χ2n) is 15.0. The second-order valence-corrected chi connectivity index (χ2v) is 15.0. The first kappa shape index (κ1) is 37.6. The molecule has 298 valence electrons. The summed E-state index contributed by atoms with van der Waals surface area (Å²) < 4.78 is 26.8. The number of likely N-dealkylation sites (tertiary alicyclic amines) is 2. The minimum Gasteiger partial charge on any atom is -0.456 e. The van der Waals surface area contributed by atoms with Gasteiger partial charge in [0.15, 0.2) is 0 Å². The van der Waals surface area contributed by atoms with Gasteiger partial charge in [0, 0.05) is 29.6 Å². The first-order chi connectivity index (χ1) is 28.8. The van der Waals surface area contributed by atoms with E-state index in [1.54, 1.807) is 35.5 Å². The van der Waals surface area contributed by atoms with Crippen LogP contribution >= 0.6 is 0 Å². The van der Waals surface area contributed by atoms with Crippen molar-refractivity contribution in [1.82, 2.24) is 35.1 Å².